The molecule has 0 aromatic carbocycles. The minimum atomic E-state index is -0.833. The fourth-order valence-electron chi connectivity index (χ4n) is 7.46. The van der Waals surface area contributed by atoms with Gasteiger partial charge in [0.05, 0.1) is 12.3 Å². The number of hydrogen-bond acceptors (Lipinski definition) is 6. The molecule has 55 heavy (non-hydrogen) atoms. The first-order chi connectivity index (χ1) is 26.9. The monoisotopic (exact) mass is 778 g/mol. The molecule has 0 radical (unpaired) electrons. The molecular formula is C46H91N5O4. The van der Waals surface area contributed by atoms with Crippen molar-refractivity contribution >= 4 is 17.8 Å². The summed E-state index contributed by atoms with van der Waals surface area (Å²) in [5.41, 5.74) is 0. The van der Waals surface area contributed by atoms with Gasteiger partial charge in [0.2, 0.25) is 11.8 Å². The minimum Gasteiger partial charge on any atom is -0.481 e. The number of carbonyl (C=O) groups excluding carboxylic acids is 2. The summed E-state index contributed by atoms with van der Waals surface area (Å²) in [5.74, 6) is -0.475. The molecule has 2 unspecified atom stereocenters. The van der Waals surface area contributed by atoms with Crippen LogP contribution in [-0.2, 0) is 14.4 Å². The van der Waals surface area contributed by atoms with Crippen molar-refractivity contribution in [1.82, 2.24) is 25.8 Å². The van der Waals surface area contributed by atoms with Gasteiger partial charge in [-0.05, 0) is 12.8 Å². The number of carbonyl (C=O) groups is 3. The third kappa shape index (κ3) is 36.4. The van der Waals surface area contributed by atoms with E-state index in [0.717, 1.165) is 58.8 Å². The van der Waals surface area contributed by atoms with Gasteiger partial charge in [-0.2, -0.15) is 0 Å². The van der Waals surface area contributed by atoms with Gasteiger partial charge in [0.25, 0.3) is 5.97 Å². The first-order valence-corrected chi connectivity index (χ1v) is 23.8. The summed E-state index contributed by atoms with van der Waals surface area (Å²) in [4.78, 5) is 39.0. The molecule has 2 atom stereocenters. The molecule has 2 saturated heterocycles. The first kappa shape index (κ1) is 51.3. The van der Waals surface area contributed by atoms with Crippen molar-refractivity contribution in [3.05, 3.63) is 0 Å². The maximum Gasteiger partial charge on any atom is 0.300 e. The summed E-state index contributed by atoms with van der Waals surface area (Å²) in [7, 11) is 0. The van der Waals surface area contributed by atoms with Crippen LogP contribution < -0.4 is 16.0 Å². The normalized spacial score (nSPS) is 14.9. The quantitative estimate of drug-likeness (QED) is 0.0362. The summed E-state index contributed by atoms with van der Waals surface area (Å²) >= 11 is 0. The average Bonchev–Trinajstić information content (AvgIpc) is 4.09. The molecule has 0 spiro atoms. The molecule has 2 aliphatic heterocycles. The Bertz CT molecular complexity index is 830. The third-order valence-electron chi connectivity index (χ3n) is 11.2. The lowest BCUT2D eigenvalue weighted by atomic mass is 10.0. The molecule has 2 aliphatic rings. The average molecular weight is 778 g/mol. The van der Waals surface area contributed by atoms with Crippen LogP contribution >= 0.6 is 0 Å². The molecule has 0 aromatic rings. The lowest BCUT2D eigenvalue weighted by Crippen LogP contribution is -2.55. The molecule has 0 bridgehead atoms. The molecule has 2 fully saturated rings. The largest absolute Gasteiger partial charge is 0.481 e. The van der Waals surface area contributed by atoms with Crippen molar-refractivity contribution in [2.45, 2.75) is 239 Å². The van der Waals surface area contributed by atoms with Gasteiger partial charge in [-0.15, -0.1) is 0 Å². The van der Waals surface area contributed by atoms with Crippen LogP contribution in [0.25, 0.3) is 0 Å². The van der Waals surface area contributed by atoms with E-state index in [0.29, 0.717) is 25.9 Å². The predicted octanol–water partition coefficient (Wildman–Crippen LogP) is 10.7. The second-order valence-electron chi connectivity index (χ2n) is 16.8. The van der Waals surface area contributed by atoms with Crippen LogP contribution in [0, 0.1) is 0 Å². The molecule has 2 rings (SSSR count). The highest BCUT2D eigenvalue weighted by molar-refractivity contribution is 5.76. The maximum absolute atomic E-state index is 12.6. The van der Waals surface area contributed by atoms with Crippen molar-refractivity contribution in [2.75, 3.05) is 39.3 Å². The Morgan fingerprint density at radius 1 is 0.436 bits per heavy atom. The molecule has 2 heterocycles. The van der Waals surface area contributed by atoms with Crippen LogP contribution in [0.5, 0.6) is 0 Å². The van der Waals surface area contributed by atoms with E-state index in [4.69, 9.17) is 9.90 Å². The van der Waals surface area contributed by atoms with E-state index in [1.807, 2.05) is 0 Å². The van der Waals surface area contributed by atoms with E-state index in [1.54, 1.807) is 0 Å². The molecule has 0 saturated carbocycles. The lowest BCUT2D eigenvalue weighted by molar-refractivity contribution is -0.134. The minimum absolute atomic E-state index is 0.132. The molecule has 2 amide bonds. The molecule has 324 valence electrons. The highest BCUT2D eigenvalue weighted by atomic mass is 16.4. The van der Waals surface area contributed by atoms with Gasteiger partial charge in [-0.25, -0.2) is 0 Å². The molecular weight excluding hydrogens is 687 g/mol. The van der Waals surface area contributed by atoms with Gasteiger partial charge in [-0.3, -0.25) is 29.5 Å². The molecule has 0 aliphatic carbocycles. The van der Waals surface area contributed by atoms with Gasteiger partial charge in [0, 0.05) is 59.0 Å². The van der Waals surface area contributed by atoms with Gasteiger partial charge in [0.15, 0.2) is 0 Å². The van der Waals surface area contributed by atoms with Crippen LogP contribution in [0.2, 0.25) is 0 Å². The van der Waals surface area contributed by atoms with E-state index in [-0.39, 0.29) is 24.1 Å². The van der Waals surface area contributed by atoms with Gasteiger partial charge < -0.3 is 15.7 Å². The van der Waals surface area contributed by atoms with E-state index in [2.05, 4.69) is 39.6 Å². The maximum atomic E-state index is 12.6. The van der Waals surface area contributed by atoms with E-state index < -0.39 is 5.97 Å². The molecule has 0 aromatic heterocycles. The number of carboxylic acids is 1. The highest BCUT2D eigenvalue weighted by Crippen LogP contribution is 2.17. The van der Waals surface area contributed by atoms with Crippen LogP contribution in [0.1, 0.15) is 226 Å². The Morgan fingerprint density at radius 2 is 0.655 bits per heavy atom. The van der Waals surface area contributed by atoms with Crippen LogP contribution in [0.4, 0.5) is 0 Å². The second-order valence-corrected chi connectivity index (χ2v) is 16.8. The number of nitrogens with zero attached hydrogens (tertiary/aromatic N) is 2. The van der Waals surface area contributed by atoms with Crippen molar-refractivity contribution < 1.29 is 19.5 Å². The van der Waals surface area contributed by atoms with Gasteiger partial charge in [0.1, 0.15) is 0 Å². The summed E-state index contributed by atoms with van der Waals surface area (Å²) in [6.07, 6.45) is 41.8. The molecule has 9 nitrogen and oxygen atoms in total. The Hall–Kier alpha value is -1.71. The topological polar surface area (TPSA) is 114 Å². The number of carboxylic acid groups (broad SMARTS) is 1. The van der Waals surface area contributed by atoms with Crippen LogP contribution in [0.3, 0.4) is 0 Å². The number of unbranched alkanes of at least 4 members (excludes halogenated alkanes) is 28. The zero-order chi connectivity index (χ0) is 40.0. The fraction of sp³-hybridized carbons (Fsp3) is 0.935. The summed E-state index contributed by atoms with van der Waals surface area (Å²) < 4.78 is 0. The Balaban J connectivity index is 0.00000359. The standard InChI is InChI=1S/C44H87N5O2.C2H4O2/c1-3-5-7-9-11-13-15-17-19-21-23-25-27-29-31-33-43(50)45-39-41(48-35-36-48)47-42(49-37-38-49)40-46-44(51)34-32-30-28-26-24-22-20-18-16-14-12-10-8-6-4-2;1-2(3)4/h41-42,47H,3-40H2,1-2H3,(H,45,50)(H,46,51);1H3,(H,3,4). The Kier molecular flexibility index (Phi) is 35.3. The smallest absolute Gasteiger partial charge is 0.300 e. The summed E-state index contributed by atoms with van der Waals surface area (Å²) in [6.45, 7) is 11.2. The number of hydrogen-bond donors (Lipinski definition) is 4. The van der Waals surface area contributed by atoms with Crippen molar-refractivity contribution in [2.24, 2.45) is 0 Å². The van der Waals surface area contributed by atoms with Crippen LogP contribution in [-0.4, -0.2) is 84.3 Å². The number of rotatable bonds is 40. The highest BCUT2D eigenvalue weighted by Gasteiger charge is 2.34. The SMILES string of the molecule is CC(=O)O.CCCCCCCCCCCCCCCCCC(=O)NCC(NC(CNC(=O)CCCCCCCCCCCCCCCCC)N1CC1)N1CC1. The number of aliphatic carboxylic acids is 1. The third-order valence-corrected chi connectivity index (χ3v) is 11.2. The van der Waals surface area contributed by atoms with E-state index in [1.165, 1.54) is 167 Å². The Morgan fingerprint density at radius 3 is 0.873 bits per heavy atom. The number of nitrogens with one attached hydrogen (secondary N) is 3. The summed E-state index contributed by atoms with van der Waals surface area (Å²) in [6, 6.07) is 0. The lowest BCUT2D eigenvalue weighted by Gasteiger charge is -2.28. The van der Waals surface area contributed by atoms with Gasteiger partial charge in [-0.1, -0.05) is 194 Å². The summed E-state index contributed by atoms with van der Waals surface area (Å²) in [5, 5.41) is 17.6. The second kappa shape index (κ2) is 37.8. The van der Waals surface area contributed by atoms with Crippen LogP contribution in [0.15, 0.2) is 0 Å². The van der Waals surface area contributed by atoms with E-state index in [9.17, 15) is 9.59 Å². The zero-order valence-electron chi connectivity index (χ0n) is 36.6. The van der Waals surface area contributed by atoms with Crippen molar-refractivity contribution in [3.8, 4) is 0 Å². The first-order valence-electron chi connectivity index (χ1n) is 23.8. The van der Waals surface area contributed by atoms with Crippen molar-refractivity contribution in [1.29, 1.82) is 0 Å². The van der Waals surface area contributed by atoms with Crippen molar-refractivity contribution in [3.63, 3.8) is 0 Å². The predicted molar refractivity (Wildman–Crippen MR) is 232 cm³/mol. The van der Waals surface area contributed by atoms with E-state index >= 15 is 0 Å². The van der Waals surface area contributed by atoms with Gasteiger partial charge >= 0.3 is 0 Å². The fourth-order valence-corrected chi connectivity index (χ4v) is 7.46. The molecule has 9 heteroatoms. The Labute approximate surface area is 340 Å². The number of amides is 2. The molecule has 4 N–H and O–H groups in total. The zero-order valence-corrected chi connectivity index (χ0v) is 36.6.